The third kappa shape index (κ3) is 2.89. The van der Waals surface area contributed by atoms with Crippen LogP contribution in [0, 0.1) is 10.1 Å². The highest BCUT2D eigenvalue weighted by Gasteiger charge is 2.24. The van der Waals surface area contributed by atoms with Crippen molar-refractivity contribution in [2.75, 3.05) is 13.1 Å². The molecule has 0 amide bonds. The van der Waals surface area contributed by atoms with E-state index >= 15 is 0 Å². The topological polar surface area (TPSA) is 46.4 Å². The molecule has 0 bridgehead atoms. The lowest BCUT2D eigenvalue weighted by Crippen LogP contribution is -2.19. The molecule has 1 aromatic carbocycles. The van der Waals surface area contributed by atoms with Crippen molar-refractivity contribution in [1.82, 2.24) is 4.90 Å². The molecule has 1 saturated heterocycles. The van der Waals surface area contributed by atoms with Gasteiger partial charge in [0.25, 0.3) is 0 Å². The molecule has 3 rings (SSSR count). The van der Waals surface area contributed by atoms with Gasteiger partial charge in [-0.3, -0.25) is 15.0 Å². The molecule has 0 aliphatic carbocycles. The maximum Gasteiger partial charge on any atom is 0.324 e. The lowest BCUT2D eigenvalue weighted by Gasteiger charge is -2.15. The van der Waals surface area contributed by atoms with Crippen LogP contribution in [-0.4, -0.2) is 22.9 Å². The monoisotopic (exact) mass is 288 g/mol. The average molecular weight is 288 g/mol. The van der Waals surface area contributed by atoms with Gasteiger partial charge in [0.15, 0.2) is 0 Å². The van der Waals surface area contributed by atoms with E-state index in [4.69, 9.17) is 0 Å². The summed E-state index contributed by atoms with van der Waals surface area (Å²) in [6.07, 6.45) is 1.16. The third-order valence-electron chi connectivity index (χ3n) is 3.77. The minimum Gasteiger partial charge on any atom is -0.298 e. The number of rotatable bonds is 4. The Morgan fingerprint density at radius 3 is 2.85 bits per heavy atom. The molecule has 0 N–H and O–H groups in total. The van der Waals surface area contributed by atoms with E-state index in [-0.39, 0.29) is 9.92 Å². The normalized spacial score (nSPS) is 19.3. The fourth-order valence-electron chi connectivity index (χ4n) is 2.77. The largest absolute Gasteiger partial charge is 0.324 e. The predicted octanol–water partition coefficient (Wildman–Crippen LogP) is 3.65. The Hall–Kier alpha value is -1.72. The Balaban J connectivity index is 1.61. The number of benzene rings is 1. The highest BCUT2D eigenvalue weighted by Crippen LogP contribution is 2.29. The van der Waals surface area contributed by atoms with E-state index in [1.165, 1.54) is 16.9 Å². The van der Waals surface area contributed by atoms with Crippen molar-refractivity contribution in [2.45, 2.75) is 18.9 Å². The second-order valence-corrected chi connectivity index (χ2v) is 6.07. The number of likely N-dealkylation sites (tertiary alicyclic amines) is 1. The number of thiophene rings is 1. The van der Waals surface area contributed by atoms with E-state index < -0.39 is 0 Å². The summed E-state index contributed by atoms with van der Waals surface area (Å²) in [7, 11) is 0. The minimum atomic E-state index is -0.315. The molecular weight excluding hydrogens is 272 g/mol. The lowest BCUT2D eigenvalue weighted by atomic mass is 9.99. The highest BCUT2D eigenvalue weighted by atomic mass is 32.1. The van der Waals surface area contributed by atoms with Crippen LogP contribution in [0.2, 0.25) is 0 Å². The first-order chi connectivity index (χ1) is 9.72. The number of hydrogen-bond acceptors (Lipinski definition) is 4. The van der Waals surface area contributed by atoms with Crippen molar-refractivity contribution < 1.29 is 4.92 Å². The Bertz CT molecular complexity index is 597. The molecule has 5 heteroatoms. The number of nitro groups is 1. The fourth-order valence-corrected chi connectivity index (χ4v) is 3.49. The first kappa shape index (κ1) is 13.3. The summed E-state index contributed by atoms with van der Waals surface area (Å²) < 4.78 is 0. The summed E-state index contributed by atoms with van der Waals surface area (Å²) >= 11 is 1.21. The SMILES string of the molecule is O=[N+]([O-])c1cc(CN2CCC(c3ccccc3)C2)cs1. The molecule has 1 aromatic heterocycles. The second kappa shape index (κ2) is 5.73. The molecule has 0 saturated carbocycles. The third-order valence-corrected chi connectivity index (χ3v) is 4.70. The van der Waals surface area contributed by atoms with Gasteiger partial charge in [-0.1, -0.05) is 41.7 Å². The van der Waals surface area contributed by atoms with E-state index in [9.17, 15) is 10.1 Å². The van der Waals surface area contributed by atoms with E-state index in [1.54, 1.807) is 6.07 Å². The smallest absolute Gasteiger partial charge is 0.298 e. The highest BCUT2D eigenvalue weighted by molar-refractivity contribution is 7.13. The summed E-state index contributed by atoms with van der Waals surface area (Å²) in [5.74, 6) is 0.588. The Morgan fingerprint density at radius 1 is 1.35 bits per heavy atom. The molecule has 20 heavy (non-hydrogen) atoms. The van der Waals surface area contributed by atoms with Crippen LogP contribution in [0.4, 0.5) is 5.00 Å². The molecule has 2 aromatic rings. The zero-order valence-corrected chi connectivity index (χ0v) is 11.9. The number of nitrogens with zero attached hydrogens (tertiary/aromatic N) is 2. The van der Waals surface area contributed by atoms with Gasteiger partial charge in [-0.05, 0) is 30.0 Å². The Kier molecular flexibility index (Phi) is 3.80. The molecule has 1 aliphatic rings. The van der Waals surface area contributed by atoms with Crippen LogP contribution >= 0.6 is 11.3 Å². The van der Waals surface area contributed by atoms with Crippen LogP contribution in [0.1, 0.15) is 23.5 Å². The summed E-state index contributed by atoms with van der Waals surface area (Å²) in [4.78, 5) is 12.8. The Labute approximate surface area is 121 Å². The van der Waals surface area contributed by atoms with Crippen molar-refractivity contribution in [3.8, 4) is 0 Å². The van der Waals surface area contributed by atoms with Crippen molar-refractivity contribution >= 4 is 16.3 Å². The molecule has 0 radical (unpaired) electrons. The van der Waals surface area contributed by atoms with Crippen molar-refractivity contribution in [3.05, 3.63) is 63.0 Å². The van der Waals surface area contributed by atoms with Crippen LogP contribution in [-0.2, 0) is 6.54 Å². The van der Waals surface area contributed by atoms with Gasteiger partial charge in [0.05, 0.1) is 4.92 Å². The molecule has 1 aliphatic heterocycles. The van der Waals surface area contributed by atoms with Gasteiger partial charge in [0.1, 0.15) is 0 Å². The molecular formula is C15H16N2O2S. The van der Waals surface area contributed by atoms with E-state index in [1.807, 2.05) is 11.4 Å². The summed E-state index contributed by atoms with van der Waals surface area (Å²) in [5, 5.41) is 12.8. The standard InChI is InChI=1S/C15H16N2O2S/c18-17(19)15-8-12(11-20-15)9-16-7-6-14(10-16)13-4-2-1-3-5-13/h1-5,8,11,14H,6-7,9-10H2. The zero-order chi connectivity index (χ0) is 13.9. The van der Waals surface area contributed by atoms with Crippen LogP contribution < -0.4 is 0 Å². The average Bonchev–Trinajstić information content (AvgIpc) is 3.10. The van der Waals surface area contributed by atoms with Gasteiger partial charge >= 0.3 is 5.00 Å². The van der Waals surface area contributed by atoms with Crippen LogP contribution in [0.3, 0.4) is 0 Å². The quantitative estimate of drug-likeness (QED) is 0.637. The molecule has 2 heterocycles. The molecule has 4 nitrogen and oxygen atoms in total. The number of hydrogen-bond donors (Lipinski definition) is 0. The molecule has 1 unspecified atom stereocenters. The van der Waals surface area contributed by atoms with Crippen LogP contribution in [0.15, 0.2) is 41.8 Å². The molecule has 1 fully saturated rings. The van der Waals surface area contributed by atoms with Gasteiger partial charge in [0, 0.05) is 24.5 Å². The van der Waals surface area contributed by atoms with Gasteiger partial charge < -0.3 is 0 Å². The van der Waals surface area contributed by atoms with Gasteiger partial charge in [-0.2, -0.15) is 0 Å². The van der Waals surface area contributed by atoms with Gasteiger partial charge in [-0.15, -0.1) is 0 Å². The zero-order valence-electron chi connectivity index (χ0n) is 11.1. The van der Waals surface area contributed by atoms with Crippen molar-refractivity contribution in [1.29, 1.82) is 0 Å². The first-order valence-electron chi connectivity index (χ1n) is 6.71. The molecule has 104 valence electrons. The van der Waals surface area contributed by atoms with Crippen LogP contribution in [0.25, 0.3) is 0 Å². The summed E-state index contributed by atoms with van der Waals surface area (Å²) in [6.45, 7) is 2.91. The minimum absolute atomic E-state index is 0.235. The maximum atomic E-state index is 10.7. The van der Waals surface area contributed by atoms with Gasteiger partial charge in [-0.25, -0.2) is 0 Å². The summed E-state index contributed by atoms with van der Waals surface area (Å²) in [6, 6.07) is 12.3. The van der Waals surface area contributed by atoms with E-state index in [0.717, 1.165) is 31.6 Å². The fraction of sp³-hybridized carbons (Fsp3) is 0.333. The Morgan fingerprint density at radius 2 is 2.15 bits per heavy atom. The molecule has 0 spiro atoms. The first-order valence-corrected chi connectivity index (χ1v) is 7.59. The second-order valence-electron chi connectivity index (χ2n) is 5.18. The lowest BCUT2D eigenvalue weighted by molar-refractivity contribution is -0.380. The molecule has 1 atom stereocenters. The van der Waals surface area contributed by atoms with E-state index in [2.05, 4.69) is 29.2 Å². The van der Waals surface area contributed by atoms with Crippen molar-refractivity contribution in [2.24, 2.45) is 0 Å². The maximum absolute atomic E-state index is 10.7. The van der Waals surface area contributed by atoms with Gasteiger partial charge in [0.2, 0.25) is 0 Å². The predicted molar refractivity (Wildman–Crippen MR) is 80.1 cm³/mol. The van der Waals surface area contributed by atoms with E-state index in [0.29, 0.717) is 5.92 Å². The summed E-state index contributed by atoms with van der Waals surface area (Å²) in [5.41, 5.74) is 2.45. The van der Waals surface area contributed by atoms with Crippen molar-refractivity contribution in [3.63, 3.8) is 0 Å². The van der Waals surface area contributed by atoms with Crippen LogP contribution in [0.5, 0.6) is 0 Å².